The van der Waals surface area contributed by atoms with Crippen molar-refractivity contribution in [3.05, 3.63) is 29.3 Å². The topological polar surface area (TPSA) is 94.6 Å². The summed E-state index contributed by atoms with van der Waals surface area (Å²) in [7, 11) is -3.54. The molecule has 0 aliphatic heterocycles. The molecule has 0 aromatic heterocycles. The van der Waals surface area contributed by atoms with Crippen LogP contribution in [-0.2, 0) is 21.1 Å². The van der Waals surface area contributed by atoms with Gasteiger partial charge in [0.15, 0.2) is 16.1 Å². The zero-order valence-electron chi connectivity index (χ0n) is 9.82. The molecular formula is C10H12NO5S2-. The van der Waals surface area contributed by atoms with Gasteiger partial charge >= 0.3 is 0 Å². The average Bonchev–Trinajstić information content (AvgIpc) is 2.24. The van der Waals surface area contributed by atoms with Gasteiger partial charge in [-0.05, 0) is 18.6 Å². The summed E-state index contributed by atoms with van der Waals surface area (Å²) in [5.74, 6) is -0.701. The van der Waals surface area contributed by atoms with Gasteiger partial charge < -0.3 is 4.55 Å². The fourth-order valence-electron chi connectivity index (χ4n) is 1.44. The van der Waals surface area contributed by atoms with Crippen molar-refractivity contribution in [3.63, 3.8) is 0 Å². The molecule has 1 unspecified atom stereocenters. The van der Waals surface area contributed by atoms with Gasteiger partial charge in [0.05, 0.1) is 5.69 Å². The van der Waals surface area contributed by atoms with Gasteiger partial charge in [0.25, 0.3) is 0 Å². The molecule has 1 rings (SSSR count). The van der Waals surface area contributed by atoms with E-state index in [1.165, 1.54) is 6.07 Å². The van der Waals surface area contributed by atoms with E-state index < -0.39 is 27.0 Å². The van der Waals surface area contributed by atoms with Crippen molar-refractivity contribution in [2.75, 3.05) is 16.4 Å². The van der Waals surface area contributed by atoms with E-state index in [0.29, 0.717) is 16.2 Å². The van der Waals surface area contributed by atoms with E-state index in [-0.39, 0.29) is 11.3 Å². The summed E-state index contributed by atoms with van der Waals surface area (Å²) in [5.41, 5.74) is 0.792. The molecule has 0 bridgehead atoms. The van der Waals surface area contributed by atoms with Gasteiger partial charge in [-0.2, -0.15) is 0 Å². The molecule has 6 nitrogen and oxygen atoms in total. The average molecular weight is 290 g/mol. The summed E-state index contributed by atoms with van der Waals surface area (Å²) in [6, 6.07) is 4.58. The van der Waals surface area contributed by atoms with E-state index in [0.717, 1.165) is 6.26 Å². The Labute approximate surface area is 108 Å². The van der Waals surface area contributed by atoms with Crippen LogP contribution >= 0.6 is 0 Å². The molecule has 0 aliphatic rings. The van der Waals surface area contributed by atoms with Crippen LogP contribution in [0.5, 0.6) is 0 Å². The number of carbonyl (C=O) groups excluding carboxylic acids is 1. The normalized spacial score (nSPS) is 13.1. The quantitative estimate of drug-likeness (QED) is 0.578. The maximum absolute atomic E-state index is 11.2. The summed E-state index contributed by atoms with van der Waals surface area (Å²) in [6.45, 7) is 1.64. The van der Waals surface area contributed by atoms with Gasteiger partial charge in [-0.25, -0.2) is 8.42 Å². The Bertz CT molecular complexity index is 582. The first-order valence-corrected chi connectivity index (χ1v) is 7.95. The molecule has 0 N–H and O–H groups in total. The second-order valence-corrected chi connectivity index (χ2v) is 6.76. The molecule has 0 radical (unpaired) electrons. The molecule has 0 saturated carbocycles. The lowest BCUT2D eigenvalue weighted by Gasteiger charge is -2.27. The molecule has 0 heterocycles. The van der Waals surface area contributed by atoms with Gasteiger partial charge in [-0.1, -0.05) is 12.1 Å². The second-order valence-electron chi connectivity index (χ2n) is 3.78. The first-order valence-electron chi connectivity index (χ1n) is 4.85. The first kappa shape index (κ1) is 14.8. The van der Waals surface area contributed by atoms with Crippen LogP contribution in [0.25, 0.3) is 0 Å². The van der Waals surface area contributed by atoms with Crippen molar-refractivity contribution < 1.29 is 22.0 Å². The molecule has 0 saturated heterocycles. The Morgan fingerprint density at radius 1 is 1.44 bits per heavy atom. The number of anilines is 1. The maximum Gasteiger partial charge on any atom is 0.166 e. The third kappa shape index (κ3) is 3.62. The summed E-state index contributed by atoms with van der Waals surface area (Å²) in [4.78, 5) is 11.0. The van der Waals surface area contributed by atoms with E-state index in [9.17, 15) is 22.0 Å². The van der Waals surface area contributed by atoms with Gasteiger partial charge in [0.1, 0.15) is 5.88 Å². The van der Waals surface area contributed by atoms with Crippen molar-refractivity contribution in [3.8, 4) is 0 Å². The van der Waals surface area contributed by atoms with Crippen LogP contribution in [0.3, 0.4) is 0 Å². The van der Waals surface area contributed by atoms with E-state index in [1.807, 2.05) is 0 Å². The molecule has 1 aromatic carbocycles. The van der Waals surface area contributed by atoms with Crippen molar-refractivity contribution in [1.29, 1.82) is 0 Å². The highest BCUT2D eigenvalue weighted by Gasteiger charge is 2.17. The SMILES string of the molecule is Cc1cccc(N(CS(C)(=O)=O)S(=O)[O-])c1C=O. The third-order valence-corrected chi connectivity index (χ3v) is 3.80. The van der Waals surface area contributed by atoms with Crippen molar-refractivity contribution in [1.82, 2.24) is 0 Å². The number of benzene rings is 1. The molecule has 18 heavy (non-hydrogen) atoms. The monoisotopic (exact) mass is 290 g/mol. The molecule has 0 fully saturated rings. The van der Waals surface area contributed by atoms with Crippen molar-refractivity contribution in [2.45, 2.75) is 6.92 Å². The van der Waals surface area contributed by atoms with Gasteiger partial charge in [-0.3, -0.25) is 13.3 Å². The summed E-state index contributed by atoms with van der Waals surface area (Å²) < 4.78 is 45.3. The van der Waals surface area contributed by atoms with E-state index in [4.69, 9.17) is 0 Å². The molecule has 0 spiro atoms. The minimum absolute atomic E-state index is 0.0590. The molecule has 1 aromatic rings. The third-order valence-electron chi connectivity index (χ3n) is 2.22. The smallest absolute Gasteiger partial charge is 0.166 e. The minimum Gasteiger partial charge on any atom is -0.755 e. The van der Waals surface area contributed by atoms with Crippen LogP contribution in [0.2, 0.25) is 0 Å². The van der Waals surface area contributed by atoms with Crippen molar-refractivity contribution >= 4 is 33.1 Å². The van der Waals surface area contributed by atoms with Crippen LogP contribution in [0.15, 0.2) is 18.2 Å². The fraction of sp³-hybridized carbons (Fsp3) is 0.300. The van der Waals surface area contributed by atoms with Crippen LogP contribution in [0.1, 0.15) is 15.9 Å². The highest BCUT2D eigenvalue weighted by Crippen LogP contribution is 2.23. The molecule has 0 amide bonds. The number of hydrogen-bond donors (Lipinski definition) is 0. The fourth-order valence-corrected chi connectivity index (χ4v) is 3.25. The van der Waals surface area contributed by atoms with E-state index in [1.54, 1.807) is 19.1 Å². The Morgan fingerprint density at radius 3 is 2.50 bits per heavy atom. The Hall–Kier alpha value is -1.25. The zero-order chi connectivity index (χ0) is 13.9. The van der Waals surface area contributed by atoms with Gasteiger partial charge in [-0.15, -0.1) is 0 Å². The molecular weight excluding hydrogens is 278 g/mol. The number of aldehydes is 1. The Balaban J connectivity index is 3.35. The molecule has 8 heteroatoms. The number of rotatable bonds is 5. The summed E-state index contributed by atoms with van der Waals surface area (Å²) in [5, 5.41) is 0. The van der Waals surface area contributed by atoms with Gasteiger partial charge in [0, 0.05) is 23.1 Å². The second kappa shape index (κ2) is 5.59. The van der Waals surface area contributed by atoms with Crippen LogP contribution in [0.4, 0.5) is 5.69 Å². The lowest BCUT2D eigenvalue weighted by Crippen LogP contribution is -2.32. The summed E-state index contributed by atoms with van der Waals surface area (Å²) in [6.07, 6.45) is 1.43. The maximum atomic E-state index is 11.2. The standard InChI is InChI=1S/C10H13NO5S2/c1-8-4-3-5-10(9(8)6-12)11(17(13)14)7-18(2,15)16/h3-6H,7H2,1-2H3,(H,13,14)/p-1. The largest absolute Gasteiger partial charge is 0.755 e. The molecule has 1 atom stereocenters. The number of hydrogen-bond acceptors (Lipinski definition) is 5. The van der Waals surface area contributed by atoms with E-state index >= 15 is 0 Å². The van der Waals surface area contributed by atoms with Crippen LogP contribution in [-0.4, -0.2) is 35.6 Å². The number of carbonyl (C=O) groups is 1. The van der Waals surface area contributed by atoms with Crippen molar-refractivity contribution in [2.24, 2.45) is 0 Å². The highest BCUT2D eigenvalue weighted by molar-refractivity contribution is 7.92. The lowest BCUT2D eigenvalue weighted by atomic mass is 10.1. The molecule has 100 valence electrons. The zero-order valence-corrected chi connectivity index (χ0v) is 11.5. The molecule has 0 aliphatic carbocycles. The predicted octanol–water partition coefficient (Wildman–Crippen LogP) is 0.410. The minimum atomic E-state index is -3.54. The number of sulfone groups is 1. The lowest BCUT2D eigenvalue weighted by molar-refractivity contribution is 0.112. The van der Waals surface area contributed by atoms with Crippen LogP contribution in [0, 0.1) is 6.92 Å². The Morgan fingerprint density at radius 2 is 2.06 bits per heavy atom. The number of nitrogens with zero attached hydrogens (tertiary/aromatic N) is 1. The van der Waals surface area contributed by atoms with E-state index in [2.05, 4.69) is 0 Å². The number of aryl methyl sites for hydroxylation is 1. The highest BCUT2D eigenvalue weighted by atomic mass is 32.2. The van der Waals surface area contributed by atoms with Gasteiger partial charge in [0.2, 0.25) is 0 Å². The predicted molar refractivity (Wildman–Crippen MR) is 67.7 cm³/mol. The first-order chi connectivity index (χ1) is 8.26. The Kier molecular flexibility index (Phi) is 4.60. The summed E-state index contributed by atoms with van der Waals surface area (Å²) >= 11 is -2.78. The van der Waals surface area contributed by atoms with Crippen LogP contribution < -0.4 is 4.31 Å².